The highest BCUT2D eigenvalue weighted by Crippen LogP contribution is 2.27. The molecule has 1 unspecified atom stereocenters. The Hall–Kier alpha value is -0.650. The molecular weight excluding hydrogens is 276 g/mol. The normalized spacial score (nSPS) is 13.0. The molecule has 0 spiro atoms. The molecule has 80 valence electrons. The van der Waals surface area contributed by atoms with Crippen LogP contribution in [0.5, 0.6) is 0 Å². The van der Waals surface area contributed by atoms with E-state index >= 15 is 0 Å². The van der Waals surface area contributed by atoms with Crippen molar-refractivity contribution in [2.24, 2.45) is 7.05 Å². The Bertz CT molecular complexity index is 452. The van der Waals surface area contributed by atoms with Gasteiger partial charge >= 0.3 is 0 Å². The van der Waals surface area contributed by atoms with Gasteiger partial charge in [0, 0.05) is 19.7 Å². The van der Waals surface area contributed by atoms with Crippen molar-refractivity contribution in [2.45, 2.75) is 12.5 Å². The van der Waals surface area contributed by atoms with E-state index in [9.17, 15) is 5.11 Å². The maximum atomic E-state index is 9.95. The van der Waals surface area contributed by atoms with Gasteiger partial charge in [0.05, 0.1) is 16.1 Å². The van der Waals surface area contributed by atoms with Gasteiger partial charge in [-0.2, -0.15) is 5.10 Å². The third-order valence-electron chi connectivity index (χ3n) is 2.16. The summed E-state index contributed by atoms with van der Waals surface area (Å²) in [4.78, 5) is 0. The Kier molecular flexibility index (Phi) is 3.23. The quantitative estimate of drug-likeness (QED) is 0.942. The van der Waals surface area contributed by atoms with Gasteiger partial charge in [0.15, 0.2) is 0 Å². The lowest BCUT2D eigenvalue weighted by atomic mass is 10.1. The Labute approximate surface area is 100 Å². The number of hydrogen-bond acceptors (Lipinski definition) is 3. The average Bonchev–Trinajstić information content (AvgIpc) is 2.75. The Morgan fingerprint density at radius 2 is 2.47 bits per heavy atom. The largest absolute Gasteiger partial charge is 0.388 e. The summed E-state index contributed by atoms with van der Waals surface area (Å²) in [5.41, 5.74) is 2.00. The van der Waals surface area contributed by atoms with Crippen molar-refractivity contribution in [2.75, 3.05) is 0 Å². The third kappa shape index (κ3) is 2.68. The van der Waals surface area contributed by atoms with E-state index in [2.05, 4.69) is 21.0 Å². The van der Waals surface area contributed by atoms with E-state index in [4.69, 9.17) is 0 Å². The van der Waals surface area contributed by atoms with Crippen LogP contribution in [0.4, 0.5) is 0 Å². The van der Waals surface area contributed by atoms with E-state index in [0.29, 0.717) is 6.42 Å². The molecule has 0 bridgehead atoms. The van der Waals surface area contributed by atoms with Gasteiger partial charge in [-0.15, -0.1) is 11.3 Å². The molecule has 3 nitrogen and oxygen atoms in total. The van der Waals surface area contributed by atoms with Crippen molar-refractivity contribution in [1.29, 1.82) is 0 Å². The predicted molar refractivity (Wildman–Crippen MR) is 63.9 cm³/mol. The molecule has 1 atom stereocenters. The molecule has 0 saturated heterocycles. The molecule has 2 heterocycles. The second-order valence-electron chi connectivity index (χ2n) is 3.43. The van der Waals surface area contributed by atoms with Crippen molar-refractivity contribution in [3.63, 3.8) is 0 Å². The minimum absolute atomic E-state index is 0.447. The maximum Gasteiger partial charge on any atom is 0.0839 e. The first-order chi connectivity index (χ1) is 7.15. The van der Waals surface area contributed by atoms with Gasteiger partial charge in [-0.25, -0.2) is 0 Å². The zero-order valence-electron chi connectivity index (χ0n) is 8.22. The van der Waals surface area contributed by atoms with Crippen molar-refractivity contribution in [1.82, 2.24) is 9.78 Å². The van der Waals surface area contributed by atoms with Gasteiger partial charge in [-0.1, -0.05) is 0 Å². The molecule has 2 rings (SSSR count). The zero-order valence-corrected chi connectivity index (χ0v) is 10.6. The van der Waals surface area contributed by atoms with E-state index in [1.807, 2.05) is 24.7 Å². The molecule has 5 heteroatoms. The van der Waals surface area contributed by atoms with Crippen LogP contribution in [0.2, 0.25) is 0 Å². The van der Waals surface area contributed by atoms with Crippen molar-refractivity contribution >= 4 is 27.3 Å². The molecule has 0 aliphatic heterocycles. The lowest BCUT2D eigenvalue weighted by molar-refractivity contribution is 0.179. The van der Waals surface area contributed by atoms with E-state index in [1.54, 1.807) is 22.2 Å². The third-order valence-corrected chi connectivity index (χ3v) is 3.68. The number of nitrogens with zero attached hydrogens (tertiary/aromatic N) is 2. The summed E-state index contributed by atoms with van der Waals surface area (Å²) in [6.45, 7) is 0. The number of aliphatic hydroxyl groups is 1. The predicted octanol–water partition coefficient (Wildman–Crippen LogP) is 2.52. The van der Waals surface area contributed by atoms with Crippen molar-refractivity contribution in [3.8, 4) is 0 Å². The summed E-state index contributed by atoms with van der Waals surface area (Å²) < 4.78 is 2.79. The molecular formula is C10H11BrN2OS. The smallest absolute Gasteiger partial charge is 0.0839 e. The number of aromatic nitrogens is 2. The fraction of sp³-hybridized carbons (Fsp3) is 0.300. The highest BCUT2D eigenvalue weighted by atomic mass is 79.9. The highest BCUT2D eigenvalue weighted by Gasteiger charge is 2.11. The monoisotopic (exact) mass is 286 g/mol. The van der Waals surface area contributed by atoms with Gasteiger partial charge in [-0.05, 0) is 38.5 Å². The van der Waals surface area contributed by atoms with E-state index in [1.165, 1.54) is 0 Å². The SMILES string of the molecule is Cn1cc(CC(O)c2csc(Br)c2)cn1. The zero-order chi connectivity index (χ0) is 10.8. The fourth-order valence-corrected chi connectivity index (χ4v) is 2.64. The number of halogens is 1. The Morgan fingerprint density at radius 3 is 3.00 bits per heavy atom. The van der Waals surface area contributed by atoms with Gasteiger partial charge in [-0.3, -0.25) is 4.68 Å². The van der Waals surface area contributed by atoms with Gasteiger partial charge in [0.1, 0.15) is 0 Å². The lowest BCUT2D eigenvalue weighted by Gasteiger charge is -2.06. The molecule has 0 radical (unpaired) electrons. The molecule has 0 amide bonds. The number of rotatable bonds is 3. The maximum absolute atomic E-state index is 9.95. The molecule has 0 aromatic carbocycles. The fourth-order valence-electron chi connectivity index (χ4n) is 1.42. The van der Waals surface area contributed by atoms with Gasteiger partial charge < -0.3 is 5.11 Å². The molecule has 2 aromatic heterocycles. The van der Waals surface area contributed by atoms with Gasteiger partial charge in [0.2, 0.25) is 0 Å². The van der Waals surface area contributed by atoms with Crippen LogP contribution in [0.15, 0.2) is 27.6 Å². The minimum Gasteiger partial charge on any atom is -0.388 e. The van der Waals surface area contributed by atoms with Crippen LogP contribution < -0.4 is 0 Å². The first-order valence-corrected chi connectivity index (χ1v) is 6.22. The second kappa shape index (κ2) is 4.47. The Balaban J connectivity index is 2.06. The van der Waals surface area contributed by atoms with E-state index in [0.717, 1.165) is 14.9 Å². The summed E-state index contributed by atoms with van der Waals surface area (Å²) >= 11 is 4.97. The lowest BCUT2D eigenvalue weighted by Crippen LogP contribution is -1.99. The topological polar surface area (TPSA) is 38.0 Å². The average molecular weight is 287 g/mol. The Morgan fingerprint density at radius 1 is 1.67 bits per heavy atom. The summed E-state index contributed by atoms with van der Waals surface area (Å²) in [5.74, 6) is 0. The highest BCUT2D eigenvalue weighted by molar-refractivity contribution is 9.11. The first kappa shape index (κ1) is 10.9. The number of aliphatic hydroxyl groups excluding tert-OH is 1. The standard InChI is InChI=1S/C10H11BrN2OS/c1-13-5-7(4-12-13)2-9(14)8-3-10(11)15-6-8/h3-6,9,14H,2H2,1H3. The van der Waals surface area contributed by atoms with Gasteiger partial charge in [0.25, 0.3) is 0 Å². The number of hydrogen-bond donors (Lipinski definition) is 1. The van der Waals surface area contributed by atoms with Crippen molar-refractivity contribution in [3.05, 3.63) is 38.8 Å². The molecule has 0 saturated carbocycles. The van der Waals surface area contributed by atoms with Crippen LogP contribution in [-0.2, 0) is 13.5 Å². The first-order valence-electron chi connectivity index (χ1n) is 4.54. The summed E-state index contributed by atoms with van der Waals surface area (Å²) in [7, 11) is 1.87. The molecule has 0 aliphatic carbocycles. The summed E-state index contributed by atoms with van der Waals surface area (Å²) in [5, 5.41) is 16.0. The molecule has 0 aliphatic rings. The van der Waals surface area contributed by atoms with Crippen LogP contribution in [0.3, 0.4) is 0 Å². The molecule has 1 N–H and O–H groups in total. The number of aryl methyl sites for hydroxylation is 1. The number of thiophene rings is 1. The van der Waals surface area contributed by atoms with Crippen LogP contribution >= 0.6 is 27.3 Å². The molecule has 15 heavy (non-hydrogen) atoms. The summed E-state index contributed by atoms with van der Waals surface area (Å²) in [6.07, 6.45) is 3.86. The second-order valence-corrected chi connectivity index (χ2v) is 5.72. The van der Waals surface area contributed by atoms with E-state index < -0.39 is 6.10 Å². The summed E-state index contributed by atoms with van der Waals surface area (Å²) in [6, 6.07) is 1.95. The minimum atomic E-state index is -0.447. The molecule has 2 aromatic rings. The van der Waals surface area contributed by atoms with Crippen LogP contribution in [0.1, 0.15) is 17.2 Å². The van der Waals surface area contributed by atoms with Crippen LogP contribution in [0.25, 0.3) is 0 Å². The van der Waals surface area contributed by atoms with Crippen molar-refractivity contribution < 1.29 is 5.11 Å². The van der Waals surface area contributed by atoms with Crippen LogP contribution in [0, 0.1) is 0 Å². The van der Waals surface area contributed by atoms with E-state index in [-0.39, 0.29) is 0 Å². The molecule has 0 fully saturated rings. The van der Waals surface area contributed by atoms with Crippen LogP contribution in [-0.4, -0.2) is 14.9 Å².